The average molecular weight is 472 g/mol. The highest BCUT2D eigenvalue weighted by molar-refractivity contribution is 7.99. The lowest BCUT2D eigenvalue weighted by Gasteiger charge is -2.26. The molecule has 3 aromatic rings. The molecule has 8 heteroatoms. The first-order chi connectivity index (χ1) is 15.0. The van der Waals surface area contributed by atoms with Gasteiger partial charge in [-0.25, -0.2) is 4.72 Å². The fourth-order valence-corrected chi connectivity index (χ4v) is 9.25. The summed E-state index contributed by atoms with van der Waals surface area (Å²) in [7, 11) is -6.97. The molecule has 31 heavy (non-hydrogen) atoms. The van der Waals surface area contributed by atoms with Gasteiger partial charge in [0.15, 0.2) is 5.11 Å². The summed E-state index contributed by atoms with van der Waals surface area (Å²) in [5, 5.41) is 5.55. The van der Waals surface area contributed by atoms with Gasteiger partial charge in [0.25, 0.3) is 0 Å². The molecule has 3 aromatic carbocycles. The maximum atomic E-state index is 13.2. The van der Waals surface area contributed by atoms with Crippen molar-refractivity contribution in [3.05, 3.63) is 91.0 Å². The first kappa shape index (κ1) is 23.2. The Balaban J connectivity index is 2.22. The molecular formula is C23H26N3O2PS2. The maximum Gasteiger partial charge on any atom is 0.343 e. The van der Waals surface area contributed by atoms with Gasteiger partial charge in [-0.3, -0.25) is 0 Å². The first-order valence-corrected chi connectivity index (χ1v) is 13.7. The van der Waals surface area contributed by atoms with E-state index in [9.17, 15) is 8.42 Å². The Labute approximate surface area is 190 Å². The molecule has 0 bridgehead atoms. The van der Waals surface area contributed by atoms with Crippen LogP contribution < -0.4 is 26.0 Å². The molecular weight excluding hydrogens is 445 g/mol. The Kier molecular flexibility index (Phi) is 8.02. The lowest BCUT2D eigenvalue weighted by molar-refractivity contribution is 0.594. The van der Waals surface area contributed by atoms with Crippen molar-refractivity contribution in [1.29, 1.82) is 0 Å². The second kappa shape index (κ2) is 10.7. The van der Waals surface area contributed by atoms with E-state index in [0.717, 1.165) is 28.8 Å². The van der Waals surface area contributed by atoms with Gasteiger partial charge in [-0.1, -0.05) is 104 Å². The molecule has 0 atom stereocenters. The molecule has 162 valence electrons. The molecule has 0 heterocycles. The molecule has 0 aromatic heterocycles. The Morgan fingerprint density at radius 1 is 0.839 bits per heavy atom. The van der Waals surface area contributed by atoms with Crippen LogP contribution in [0.4, 0.5) is 0 Å². The number of thiocarbonyl (C=S) groups is 1. The fraction of sp³-hybridized carbons (Fsp3) is 0.174. The van der Waals surface area contributed by atoms with Crippen LogP contribution in [0.2, 0.25) is 0 Å². The van der Waals surface area contributed by atoms with E-state index in [1.165, 1.54) is 0 Å². The van der Waals surface area contributed by atoms with Crippen LogP contribution in [0, 0.1) is 0 Å². The predicted molar refractivity (Wildman–Crippen MR) is 135 cm³/mol. The summed E-state index contributed by atoms with van der Waals surface area (Å²) in [6.07, 6.45) is 1.88. The van der Waals surface area contributed by atoms with Gasteiger partial charge in [0.05, 0.1) is 7.05 Å². The molecule has 0 saturated carbocycles. The van der Waals surface area contributed by atoms with Gasteiger partial charge in [-0.15, -0.1) is 0 Å². The summed E-state index contributed by atoms with van der Waals surface area (Å²) in [4.78, 5) is 0. The van der Waals surface area contributed by atoms with Crippen molar-refractivity contribution in [3.8, 4) is 0 Å². The third-order valence-electron chi connectivity index (χ3n) is 4.66. The SMILES string of the molecule is CCCCNC(=S)NS(=O)(=O)N=P(c1ccccc1)(c1ccccc1)c1ccccc1. The molecule has 0 unspecified atom stereocenters. The van der Waals surface area contributed by atoms with Crippen LogP contribution in [0.25, 0.3) is 0 Å². The van der Waals surface area contributed by atoms with Crippen LogP contribution in [0.15, 0.2) is 95.1 Å². The van der Waals surface area contributed by atoms with Crippen LogP contribution in [0.3, 0.4) is 0 Å². The van der Waals surface area contributed by atoms with E-state index in [1.807, 2.05) is 91.0 Å². The van der Waals surface area contributed by atoms with Crippen molar-refractivity contribution in [2.24, 2.45) is 4.15 Å². The van der Waals surface area contributed by atoms with Gasteiger partial charge in [-0.2, -0.15) is 12.6 Å². The summed E-state index contributed by atoms with van der Waals surface area (Å²) in [5.41, 5.74) is 0. The number of hydrogen-bond acceptors (Lipinski definition) is 3. The summed E-state index contributed by atoms with van der Waals surface area (Å²) < 4.78 is 33.5. The minimum absolute atomic E-state index is 0.0597. The monoisotopic (exact) mass is 471 g/mol. The van der Waals surface area contributed by atoms with E-state index in [4.69, 9.17) is 12.2 Å². The highest BCUT2D eigenvalue weighted by Gasteiger charge is 2.30. The van der Waals surface area contributed by atoms with Crippen molar-refractivity contribution in [2.75, 3.05) is 6.54 Å². The van der Waals surface area contributed by atoms with Crippen LogP contribution >= 0.6 is 19.3 Å². The molecule has 5 nitrogen and oxygen atoms in total. The average Bonchev–Trinajstić information content (AvgIpc) is 2.79. The van der Waals surface area contributed by atoms with Gasteiger partial charge in [-0.05, 0) is 18.6 Å². The summed E-state index contributed by atoms with van der Waals surface area (Å²) in [6, 6.07) is 28.8. The number of nitrogens with one attached hydrogen (secondary N) is 2. The molecule has 3 rings (SSSR count). The predicted octanol–water partition coefficient (Wildman–Crippen LogP) is 3.67. The number of rotatable bonds is 8. The van der Waals surface area contributed by atoms with Gasteiger partial charge in [0.2, 0.25) is 0 Å². The molecule has 0 aliphatic heterocycles. The maximum absolute atomic E-state index is 13.2. The molecule has 0 spiro atoms. The van der Waals surface area contributed by atoms with E-state index in [2.05, 4.69) is 21.1 Å². The topological polar surface area (TPSA) is 70.6 Å². The number of unbranched alkanes of at least 4 members (excludes halogenated alkanes) is 1. The second-order valence-corrected chi connectivity index (χ2v) is 11.9. The van der Waals surface area contributed by atoms with Gasteiger partial charge in [0, 0.05) is 22.5 Å². The van der Waals surface area contributed by atoms with Crippen molar-refractivity contribution >= 4 is 50.5 Å². The highest BCUT2D eigenvalue weighted by atomic mass is 32.2. The highest BCUT2D eigenvalue weighted by Crippen LogP contribution is 2.47. The van der Waals surface area contributed by atoms with Gasteiger partial charge >= 0.3 is 10.2 Å². The van der Waals surface area contributed by atoms with E-state index in [0.29, 0.717) is 6.54 Å². The van der Waals surface area contributed by atoms with Crippen molar-refractivity contribution < 1.29 is 8.42 Å². The zero-order chi connectivity index (χ0) is 22.2. The third kappa shape index (κ3) is 5.82. The van der Waals surface area contributed by atoms with E-state index in [-0.39, 0.29) is 5.11 Å². The Morgan fingerprint density at radius 3 is 1.65 bits per heavy atom. The Hall–Kier alpha value is -2.47. The Bertz CT molecular complexity index is 1050. The van der Waals surface area contributed by atoms with Crippen molar-refractivity contribution in [2.45, 2.75) is 19.8 Å². The van der Waals surface area contributed by atoms with Crippen LogP contribution in [-0.2, 0) is 10.2 Å². The standard InChI is InChI=1S/C23H26N3O2PS2/c1-2-3-19-24-23(30)25-31(27,28)26-29(20-13-7-4-8-14-20,21-15-9-5-10-16-21)22-17-11-6-12-18-22/h4-18H,2-3,19H2,1H3,(H2,24,25,30). The minimum atomic E-state index is -4.10. The van der Waals surface area contributed by atoms with E-state index >= 15 is 0 Å². The number of benzene rings is 3. The van der Waals surface area contributed by atoms with E-state index < -0.39 is 17.3 Å². The quantitative estimate of drug-likeness (QED) is 0.299. The van der Waals surface area contributed by atoms with Crippen LogP contribution in [-0.4, -0.2) is 20.1 Å². The zero-order valence-electron chi connectivity index (χ0n) is 17.3. The zero-order valence-corrected chi connectivity index (χ0v) is 19.8. The minimum Gasteiger partial charge on any atom is -0.362 e. The smallest absolute Gasteiger partial charge is 0.343 e. The molecule has 0 aliphatic rings. The summed E-state index contributed by atoms with van der Waals surface area (Å²) in [6.45, 7) is 2.66. The van der Waals surface area contributed by atoms with Gasteiger partial charge in [0.1, 0.15) is 0 Å². The molecule has 0 amide bonds. The van der Waals surface area contributed by atoms with Crippen LogP contribution in [0.5, 0.6) is 0 Å². The van der Waals surface area contributed by atoms with Crippen molar-refractivity contribution in [3.63, 3.8) is 0 Å². The molecule has 0 radical (unpaired) electrons. The molecule has 0 aliphatic carbocycles. The third-order valence-corrected chi connectivity index (χ3v) is 10.5. The first-order valence-electron chi connectivity index (χ1n) is 10.1. The lowest BCUT2D eigenvalue weighted by Crippen LogP contribution is -2.39. The van der Waals surface area contributed by atoms with E-state index in [1.54, 1.807) is 0 Å². The Morgan fingerprint density at radius 2 is 1.26 bits per heavy atom. The summed E-state index contributed by atoms with van der Waals surface area (Å²) >= 11 is 5.21. The summed E-state index contributed by atoms with van der Waals surface area (Å²) in [5.74, 6) is 0. The van der Waals surface area contributed by atoms with Gasteiger partial charge < -0.3 is 5.32 Å². The number of nitrogens with zero attached hydrogens (tertiary/aromatic N) is 1. The van der Waals surface area contributed by atoms with Crippen LogP contribution in [0.1, 0.15) is 19.8 Å². The second-order valence-electron chi connectivity index (χ2n) is 6.91. The molecule has 0 saturated heterocycles. The lowest BCUT2D eigenvalue weighted by atomic mass is 10.3. The largest absolute Gasteiger partial charge is 0.362 e. The normalized spacial score (nSPS) is 11.5. The molecule has 0 fully saturated rings. The molecule has 2 N–H and O–H groups in total. The fourth-order valence-electron chi connectivity index (χ4n) is 3.23. The van der Waals surface area contributed by atoms with Crippen molar-refractivity contribution in [1.82, 2.24) is 10.0 Å². The number of hydrogen-bond donors (Lipinski definition) is 2.